The quantitative estimate of drug-likeness (QED) is 0.108. The van der Waals surface area contributed by atoms with Gasteiger partial charge in [0, 0.05) is 19.6 Å². The van der Waals surface area contributed by atoms with Gasteiger partial charge in [-0.2, -0.15) is 0 Å². The number of fused-ring (bicyclic) bond motifs is 1. The van der Waals surface area contributed by atoms with E-state index in [-0.39, 0.29) is 22.8 Å². The third-order valence-electron chi connectivity index (χ3n) is 5.77. The number of rotatable bonds is 11. The van der Waals surface area contributed by atoms with E-state index in [4.69, 9.17) is 29.1 Å². The molecule has 3 amide bonds. The summed E-state index contributed by atoms with van der Waals surface area (Å²) in [6, 6.07) is 1.62. The average Bonchev–Trinajstić information content (AvgIpc) is 3.42. The van der Waals surface area contributed by atoms with Crippen molar-refractivity contribution in [2.75, 3.05) is 26.6 Å². The van der Waals surface area contributed by atoms with Crippen LogP contribution in [0.5, 0.6) is 0 Å². The van der Waals surface area contributed by atoms with Crippen molar-refractivity contribution in [1.82, 2.24) is 10.2 Å². The average molecular weight is 585 g/mol. The van der Waals surface area contributed by atoms with Crippen molar-refractivity contribution >= 4 is 46.4 Å². The van der Waals surface area contributed by atoms with Crippen LogP contribution < -0.4 is 11.1 Å². The number of esters is 2. The number of β-lactam (4-membered cyclic amide) rings is 1. The van der Waals surface area contributed by atoms with Crippen LogP contribution in [0.25, 0.3) is 0 Å². The summed E-state index contributed by atoms with van der Waals surface area (Å²) >= 11 is 0. The van der Waals surface area contributed by atoms with Crippen LogP contribution in [-0.2, 0) is 53.8 Å². The molecule has 1 unspecified atom stereocenters. The Labute approximate surface area is 230 Å². The topological polar surface area (TPSA) is 215 Å². The molecule has 1 saturated heterocycles. The van der Waals surface area contributed by atoms with E-state index in [1.54, 1.807) is 0 Å². The van der Waals surface area contributed by atoms with Crippen LogP contribution in [0.4, 0.5) is 4.79 Å². The van der Waals surface area contributed by atoms with Gasteiger partial charge in [-0.25, -0.2) is 14.4 Å². The number of nitrogens with two attached hydrogens (primary N) is 1. The maximum atomic E-state index is 13.2. The SMILES string of the molecule is CO/N=C(\C(=O)N[C@@H]1C(=O)N2C(C(=O)OC(C)OC(=O)C(C)(C)OC)=C(COC(N)=O)C[S@](=O)[C@H]12)c1ccco1. The predicted octanol–water partition coefficient (Wildman–Crippen LogP) is -0.748. The van der Waals surface area contributed by atoms with Crippen LogP contribution in [0.15, 0.2) is 39.2 Å². The number of nitrogens with one attached hydrogen (secondary N) is 1. The Morgan fingerprint density at radius 2 is 1.98 bits per heavy atom. The highest BCUT2D eigenvalue weighted by molar-refractivity contribution is 7.86. The number of carbonyl (C=O) groups excluding carboxylic acids is 5. The first kappa shape index (κ1) is 30.3. The number of nitrogens with zero attached hydrogens (tertiary/aromatic N) is 2. The summed E-state index contributed by atoms with van der Waals surface area (Å²) in [5, 5.41) is 4.85. The van der Waals surface area contributed by atoms with Crippen molar-refractivity contribution in [2.45, 2.75) is 44.1 Å². The molecule has 2 aliphatic heterocycles. The van der Waals surface area contributed by atoms with E-state index in [1.807, 2.05) is 0 Å². The summed E-state index contributed by atoms with van der Waals surface area (Å²) in [7, 11) is 0.625. The largest absolute Gasteiger partial charge is 0.462 e. The molecule has 40 heavy (non-hydrogen) atoms. The zero-order chi connectivity index (χ0) is 29.8. The minimum Gasteiger partial charge on any atom is -0.462 e. The summed E-state index contributed by atoms with van der Waals surface area (Å²) in [5.41, 5.74) is 2.96. The molecule has 0 saturated carbocycles. The van der Waals surface area contributed by atoms with E-state index in [0.717, 1.165) is 4.90 Å². The number of primary amides is 1. The van der Waals surface area contributed by atoms with Crippen molar-refractivity contribution in [3.63, 3.8) is 0 Å². The Hall–Kier alpha value is -4.25. The first-order valence-electron chi connectivity index (χ1n) is 11.6. The maximum absolute atomic E-state index is 13.2. The molecule has 3 rings (SSSR count). The van der Waals surface area contributed by atoms with Gasteiger partial charge in [0.05, 0.1) is 22.8 Å². The molecule has 1 fully saturated rings. The van der Waals surface area contributed by atoms with E-state index in [9.17, 15) is 28.2 Å². The number of hydrogen-bond donors (Lipinski definition) is 2. The predicted molar refractivity (Wildman–Crippen MR) is 133 cm³/mol. The van der Waals surface area contributed by atoms with Crippen molar-refractivity contribution < 1.29 is 56.4 Å². The number of oxime groups is 1. The lowest BCUT2D eigenvalue weighted by molar-refractivity contribution is -0.197. The molecular weight excluding hydrogens is 556 g/mol. The minimum absolute atomic E-state index is 0.0375. The number of ether oxygens (including phenoxy) is 4. The lowest BCUT2D eigenvalue weighted by atomic mass is 10.0. The zero-order valence-electron chi connectivity index (χ0n) is 22.2. The first-order chi connectivity index (χ1) is 18.8. The van der Waals surface area contributed by atoms with E-state index in [0.29, 0.717) is 0 Å². The van der Waals surface area contributed by atoms with Gasteiger partial charge < -0.3 is 39.3 Å². The first-order valence-corrected chi connectivity index (χ1v) is 13.0. The molecule has 1 aromatic rings. The van der Waals surface area contributed by atoms with Crippen LogP contribution >= 0.6 is 0 Å². The van der Waals surface area contributed by atoms with Crippen LogP contribution in [0, 0.1) is 0 Å². The second-order valence-electron chi connectivity index (χ2n) is 8.83. The highest BCUT2D eigenvalue weighted by Gasteiger charge is 2.58. The van der Waals surface area contributed by atoms with Crippen molar-refractivity contribution in [3.8, 4) is 0 Å². The fourth-order valence-corrected chi connectivity index (χ4v) is 5.30. The maximum Gasteiger partial charge on any atom is 0.404 e. The Kier molecular flexibility index (Phi) is 9.31. The lowest BCUT2D eigenvalue weighted by Crippen LogP contribution is -2.74. The van der Waals surface area contributed by atoms with Gasteiger partial charge in [-0.15, -0.1) is 0 Å². The number of furan rings is 1. The molecule has 1 aromatic heterocycles. The smallest absolute Gasteiger partial charge is 0.404 e. The third kappa shape index (κ3) is 6.31. The summed E-state index contributed by atoms with van der Waals surface area (Å²) in [5.74, 6) is -3.96. The fraction of sp³-hybridized carbons (Fsp3) is 0.478. The molecule has 0 radical (unpaired) electrons. The molecule has 16 nitrogen and oxygen atoms in total. The molecule has 0 aromatic carbocycles. The minimum atomic E-state index is -1.87. The molecule has 0 bridgehead atoms. The second kappa shape index (κ2) is 12.3. The zero-order valence-corrected chi connectivity index (χ0v) is 23.0. The Bertz CT molecular complexity index is 1270. The summed E-state index contributed by atoms with van der Waals surface area (Å²) in [6.45, 7) is 3.56. The van der Waals surface area contributed by atoms with Gasteiger partial charge in [0.1, 0.15) is 30.8 Å². The van der Waals surface area contributed by atoms with E-state index in [2.05, 4.69) is 15.3 Å². The van der Waals surface area contributed by atoms with Gasteiger partial charge in [0.25, 0.3) is 11.8 Å². The highest BCUT2D eigenvalue weighted by atomic mass is 32.2. The van der Waals surface area contributed by atoms with Gasteiger partial charge in [0.2, 0.25) is 12.0 Å². The number of carbonyl (C=O) groups is 5. The number of hydrogen-bond acceptors (Lipinski definition) is 13. The molecule has 2 aliphatic rings. The monoisotopic (exact) mass is 584 g/mol. The highest BCUT2D eigenvalue weighted by Crippen LogP contribution is 2.36. The molecule has 4 atom stereocenters. The molecule has 17 heteroatoms. The van der Waals surface area contributed by atoms with E-state index < -0.39 is 76.3 Å². The molecule has 0 aliphatic carbocycles. The van der Waals surface area contributed by atoms with Crippen molar-refractivity contribution in [2.24, 2.45) is 10.9 Å². The molecule has 218 valence electrons. The van der Waals surface area contributed by atoms with E-state index >= 15 is 0 Å². The van der Waals surface area contributed by atoms with Crippen molar-refractivity contribution in [3.05, 3.63) is 35.4 Å². The lowest BCUT2D eigenvalue weighted by Gasteiger charge is -2.49. The molecule has 3 heterocycles. The van der Waals surface area contributed by atoms with Crippen molar-refractivity contribution in [1.29, 1.82) is 0 Å². The van der Waals surface area contributed by atoms with Gasteiger partial charge in [0.15, 0.2) is 11.4 Å². The Morgan fingerprint density at radius 1 is 1.27 bits per heavy atom. The Balaban J connectivity index is 1.85. The summed E-state index contributed by atoms with van der Waals surface area (Å²) < 4.78 is 38.4. The Morgan fingerprint density at radius 3 is 2.55 bits per heavy atom. The van der Waals surface area contributed by atoms with Gasteiger partial charge in [-0.05, 0) is 26.0 Å². The van der Waals surface area contributed by atoms with E-state index in [1.165, 1.54) is 53.4 Å². The molecule has 0 spiro atoms. The number of amides is 3. The van der Waals surface area contributed by atoms with Crippen LogP contribution in [-0.4, -0.2) is 94.6 Å². The van der Waals surface area contributed by atoms with Gasteiger partial charge in [-0.3, -0.25) is 18.7 Å². The normalized spacial score (nSPS) is 21.5. The van der Waals surface area contributed by atoms with Gasteiger partial charge in [-0.1, -0.05) is 5.16 Å². The second-order valence-corrected chi connectivity index (χ2v) is 10.4. The molecular formula is C23H28N4O12S. The summed E-state index contributed by atoms with van der Waals surface area (Å²) in [6.07, 6.45) is -1.31. The van der Waals surface area contributed by atoms with Crippen LogP contribution in [0.1, 0.15) is 26.5 Å². The number of methoxy groups -OCH3 is 1. The van der Waals surface area contributed by atoms with Gasteiger partial charge >= 0.3 is 18.0 Å². The van der Waals surface area contributed by atoms with Crippen LogP contribution in [0.3, 0.4) is 0 Å². The molecule has 3 N–H and O–H groups in total. The third-order valence-corrected chi connectivity index (χ3v) is 7.43. The fourth-order valence-electron chi connectivity index (χ4n) is 3.63. The van der Waals surface area contributed by atoms with Crippen LogP contribution in [0.2, 0.25) is 0 Å². The standard InChI is InChI=1S/C23H28N4O12S/c1-11(39-21(31)23(2,3)34-4)38-20(30)16-12(9-37-22(24)32)10-40(33)19-15(18(29)27(16)19)25-17(28)14(26-35-5)13-7-6-8-36-13/h6-8,11,15,19H,9-10H2,1-5H3,(H2,24,32)(H,25,28)/b26-14-/t11?,15-,19-,40+/m1/s1. The summed E-state index contributed by atoms with van der Waals surface area (Å²) in [4.78, 5) is 68.3.